The van der Waals surface area contributed by atoms with E-state index in [4.69, 9.17) is 0 Å². The predicted octanol–water partition coefficient (Wildman–Crippen LogP) is 3.40. The average molecular weight is 347 g/mol. The fourth-order valence-electron chi connectivity index (χ4n) is 3.61. The summed E-state index contributed by atoms with van der Waals surface area (Å²) < 4.78 is 0. The number of nitrogens with one attached hydrogen (secondary N) is 2. The van der Waals surface area contributed by atoms with Crippen molar-refractivity contribution in [3.63, 3.8) is 0 Å². The van der Waals surface area contributed by atoms with E-state index in [2.05, 4.69) is 37.2 Å². The predicted molar refractivity (Wildman–Crippen MR) is 99.6 cm³/mol. The number of anilines is 1. The molecule has 3 N–H and O–H groups in total. The van der Waals surface area contributed by atoms with Gasteiger partial charge in [-0.1, -0.05) is 0 Å². The summed E-state index contributed by atoms with van der Waals surface area (Å²) in [6.45, 7) is 2.18. The fraction of sp³-hybridized carbons (Fsp3) is 0.211. The van der Waals surface area contributed by atoms with Crippen LogP contribution in [-0.4, -0.2) is 44.3 Å². The van der Waals surface area contributed by atoms with Crippen molar-refractivity contribution < 1.29 is 9.90 Å². The molecule has 0 atom stereocenters. The van der Waals surface area contributed by atoms with Gasteiger partial charge in [0.2, 0.25) is 0 Å². The van der Waals surface area contributed by atoms with Crippen molar-refractivity contribution in [2.75, 3.05) is 18.0 Å². The zero-order valence-corrected chi connectivity index (χ0v) is 14.0. The van der Waals surface area contributed by atoms with Gasteiger partial charge < -0.3 is 15.0 Å². The number of imidazole rings is 1. The molecule has 7 nitrogen and oxygen atoms in total. The summed E-state index contributed by atoms with van der Waals surface area (Å²) in [5.41, 5.74) is 4.66. The Kier molecular flexibility index (Phi) is 3.21. The van der Waals surface area contributed by atoms with Crippen molar-refractivity contribution in [2.24, 2.45) is 0 Å². The molecule has 0 aliphatic carbocycles. The maximum Gasteiger partial charge on any atom is 0.335 e. The van der Waals surface area contributed by atoms with E-state index in [1.54, 1.807) is 18.2 Å². The van der Waals surface area contributed by atoms with E-state index in [1.807, 2.05) is 6.07 Å². The number of rotatable bonds is 3. The molecule has 0 unspecified atom stereocenters. The number of carboxylic acids is 1. The van der Waals surface area contributed by atoms with Crippen LogP contribution in [0.2, 0.25) is 0 Å². The Hall–Kier alpha value is -3.35. The van der Waals surface area contributed by atoms with Crippen LogP contribution in [0.15, 0.2) is 36.4 Å². The number of nitrogens with zero attached hydrogens (tertiary/aromatic N) is 3. The molecule has 3 heterocycles. The van der Waals surface area contributed by atoms with Gasteiger partial charge in [-0.15, -0.1) is 0 Å². The van der Waals surface area contributed by atoms with Gasteiger partial charge in [-0.05, 0) is 49.2 Å². The highest BCUT2D eigenvalue weighted by atomic mass is 16.4. The Bertz CT molecular complexity index is 1140. The first kappa shape index (κ1) is 14.9. The molecule has 7 heteroatoms. The maximum atomic E-state index is 11.3. The Morgan fingerprint density at radius 1 is 1.08 bits per heavy atom. The summed E-state index contributed by atoms with van der Waals surface area (Å²) >= 11 is 0. The second kappa shape index (κ2) is 5.59. The number of carboxylic acid groups (broad SMARTS) is 1. The first-order chi connectivity index (χ1) is 12.7. The summed E-state index contributed by atoms with van der Waals surface area (Å²) in [6, 6.07) is 11.1. The van der Waals surface area contributed by atoms with Crippen molar-refractivity contribution in [2.45, 2.75) is 12.8 Å². The number of aromatic nitrogens is 4. The third-order valence-electron chi connectivity index (χ3n) is 4.97. The second-order valence-corrected chi connectivity index (χ2v) is 6.62. The van der Waals surface area contributed by atoms with Gasteiger partial charge in [0.1, 0.15) is 5.69 Å². The number of aromatic carboxylic acids is 1. The van der Waals surface area contributed by atoms with Crippen LogP contribution in [0.4, 0.5) is 5.69 Å². The van der Waals surface area contributed by atoms with Crippen molar-refractivity contribution in [3.8, 4) is 11.5 Å². The molecule has 26 heavy (non-hydrogen) atoms. The summed E-state index contributed by atoms with van der Waals surface area (Å²) in [5.74, 6) is -0.328. The molecule has 1 aliphatic rings. The van der Waals surface area contributed by atoms with Crippen LogP contribution in [0, 0.1) is 0 Å². The molecule has 0 bridgehead atoms. The molecule has 0 radical (unpaired) electrons. The standard InChI is InChI=1S/C19H17N5O2/c25-19(26)11-3-5-14-13(9-11)17(23-22-14)18-20-15-6-4-12(10-16(15)21-18)24-7-1-2-8-24/h3-6,9-10H,1-2,7-8H2,(H,20,21)(H,22,23)(H,25,26). The first-order valence-electron chi connectivity index (χ1n) is 8.65. The lowest BCUT2D eigenvalue weighted by Gasteiger charge is -2.17. The lowest BCUT2D eigenvalue weighted by atomic mass is 10.1. The van der Waals surface area contributed by atoms with Crippen LogP contribution in [0.5, 0.6) is 0 Å². The van der Waals surface area contributed by atoms with Crippen LogP contribution in [0.1, 0.15) is 23.2 Å². The molecule has 0 spiro atoms. The summed E-state index contributed by atoms with van der Waals surface area (Å²) in [5, 5.41) is 17.3. The molecule has 130 valence electrons. The van der Waals surface area contributed by atoms with Crippen molar-refractivity contribution >= 4 is 33.6 Å². The zero-order chi connectivity index (χ0) is 17.7. The van der Waals surface area contributed by atoms with E-state index >= 15 is 0 Å². The number of hydrogen-bond acceptors (Lipinski definition) is 4. The number of benzene rings is 2. The van der Waals surface area contributed by atoms with Crippen molar-refractivity contribution in [3.05, 3.63) is 42.0 Å². The van der Waals surface area contributed by atoms with Gasteiger partial charge in [0.15, 0.2) is 5.82 Å². The molecule has 1 aliphatic heterocycles. The zero-order valence-electron chi connectivity index (χ0n) is 14.0. The Balaban J connectivity index is 1.61. The molecule has 0 amide bonds. The van der Waals surface area contributed by atoms with Gasteiger partial charge in [-0.3, -0.25) is 5.10 Å². The van der Waals surface area contributed by atoms with Crippen LogP contribution < -0.4 is 4.90 Å². The molecule has 1 saturated heterocycles. The molecule has 4 aromatic rings. The van der Waals surface area contributed by atoms with Gasteiger partial charge in [-0.2, -0.15) is 5.10 Å². The molecule has 0 saturated carbocycles. The molecule has 5 rings (SSSR count). The quantitative estimate of drug-likeness (QED) is 0.528. The lowest BCUT2D eigenvalue weighted by Crippen LogP contribution is -2.17. The second-order valence-electron chi connectivity index (χ2n) is 6.62. The van der Waals surface area contributed by atoms with Gasteiger partial charge in [0.05, 0.1) is 22.1 Å². The smallest absolute Gasteiger partial charge is 0.335 e. The summed E-state index contributed by atoms with van der Waals surface area (Å²) in [6.07, 6.45) is 2.47. The van der Waals surface area contributed by atoms with E-state index in [-0.39, 0.29) is 5.56 Å². The van der Waals surface area contributed by atoms with E-state index in [1.165, 1.54) is 18.5 Å². The molecule has 2 aromatic heterocycles. The van der Waals surface area contributed by atoms with E-state index in [0.29, 0.717) is 11.5 Å². The fourth-order valence-corrected chi connectivity index (χ4v) is 3.61. The minimum Gasteiger partial charge on any atom is -0.478 e. The Morgan fingerprint density at radius 3 is 2.73 bits per heavy atom. The third-order valence-corrected chi connectivity index (χ3v) is 4.97. The SMILES string of the molecule is O=C(O)c1ccc2[nH]nc(-c3nc4ccc(N5CCCC5)cc4[nH]3)c2c1. The molecular weight excluding hydrogens is 330 g/mol. The number of fused-ring (bicyclic) bond motifs is 2. The highest BCUT2D eigenvalue weighted by Gasteiger charge is 2.16. The molecule has 1 fully saturated rings. The normalized spacial score (nSPS) is 14.5. The Labute approximate surface area is 148 Å². The Morgan fingerprint density at radius 2 is 1.92 bits per heavy atom. The first-order valence-corrected chi connectivity index (χ1v) is 8.65. The van der Waals surface area contributed by atoms with Crippen molar-refractivity contribution in [1.29, 1.82) is 0 Å². The van der Waals surface area contributed by atoms with E-state index in [0.717, 1.165) is 35.0 Å². The minimum atomic E-state index is -0.959. The van der Waals surface area contributed by atoms with Gasteiger partial charge in [0.25, 0.3) is 0 Å². The third kappa shape index (κ3) is 2.32. The topological polar surface area (TPSA) is 97.9 Å². The van der Waals surface area contributed by atoms with Gasteiger partial charge in [-0.25, -0.2) is 9.78 Å². The van der Waals surface area contributed by atoms with Gasteiger partial charge >= 0.3 is 5.97 Å². The van der Waals surface area contributed by atoms with Crippen molar-refractivity contribution in [1.82, 2.24) is 20.2 Å². The van der Waals surface area contributed by atoms with Crippen LogP contribution in [-0.2, 0) is 0 Å². The maximum absolute atomic E-state index is 11.3. The monoisotopic (exact) mass is 347 g/mol. The largest absolute Gasteiger partial charge is 0.478 e. The van der Waals surface area contributed by atoms with E-state index < -0.39 is 5.97 Å². The highest BCUT2D eigenvalue weighted by Crippen LogP contribution is 2.29. The molecule has 2 aromatic carbocycles. The highest BCUT2D eigenvalue weighted by molar-refractivity contribution is 5.98. The number of H-pyrrole nitrogens is 2. The minimum absolute atomic E-state index is 0.229. The van der Waals surface area contributed by atoms with Crippen LogP contribution in [0.25, 0.3) is 33.5 Å². The van der Waals surface area contributed by atoms with Crippen LogP contribution in [0.3, 0.4) is 0 Å². The molecular formula is C19H17N5O2. The lowest BCUT2D eigenvalue weighted by molar-refractivity contribution is 0.0697. The van der Waals surface area contributed by atoms with E-state index in [9.17, 15) is 9.90 Å². The van der Waals surface area contributed by atoms with Crippen LogP contribution >= 0.6 is 0 Å². The number of hydrogen-bond donors (Lipinski definition) is 3. The number of aromatic amines is 2. The van der Waals surface area contributed by atoms with Gasteiger partial charge in [0, 0.05) is 24.2 Å². The summed E-state index contributed by atoms with van der Waals surface area (Å²) in [4.78, 5) is 21.6. The average Bonchev–Trinajstić information content (AvgIpc) is 3.38. The summed E-state index contributed by atoms with van der Waals surface area (Å²) in [7, 11) is 0. The number of carbonyl (C=O) groups is 1.